The average Bonchev–Trinajstić information content (AvgIpc) is 3.32. The number of benzene rings is 1. The molecule has 0 N–H and O–H groups in total. The third kappa shape index (κ3) is 2.43. The minimum Gasteiger partial charge on any atom is -0.448 e. The molecule has 3 fully saturated rings. The standard InChI is InChI=1S/C23H28N2O5/c1-20-14-23(15-21(20,2)28-12-11-27-20)18(26)24-19(30-23)25-9-7-22(8-10-25)17-6-4-3-5-16(17)13-29-22/h3-6H,7-15H2,1-2H3. The van der Waals surface area contributed by atoms with E-state index in [2.05, 4.69) is 34.2 Å². The van der Waals surface area contributed by atoms with Crippen molar-refractivity contribution < 1.29 is 23.7 Å². The number of aliphatic imine (C=N–C) groups is 1. The highest BCUT2D eigenvalue weighted by atomic mass is 16.6. The summed E-state index contributed by atoms with van der Waals surface area (Å²) in [7, 11) is 0. The Morgan fingerprint density at radius 2 is 1.60 bits per heavy atom. The smallest absolute Gasteiger partial charge is 0.296 e. The van der Waals surface area contributed by atoms with E-state index in [1.165, 1.54) is 11.1 Å². The van der Waals surface area contributed by atoms with Crippen molar-refractivity contribution in [3.8, 4) is 0 Å². The summed E-state index contributed by atoms with van der Waals surface area (Å²) in [5.41, 5.74) is 0.303. The number of hydrogen-bond donors (Lipinski definition) is 0. The van der Waals surface area contributed by atoms with E-state index in [4.69, 9.17) is 18.9 Å². The molecule has 0 radical (unpaired) electrons. The molecular formula is C23H28N2O5. The second-order valence-corrected chi connectivity index (χ2v) is 9.74. The van der Waals surface area contributed by atoms with Crippen LogP contribution in [0.4, 0.5) is 0 Å². The van der Waals surface area contributed by atoms with Crippen molar-refractivity contribution in [3.05, 3.63) is 35.4 Å². The fraction of sp³-hybridized carbons (Fsp3) is 0.652. The minimum absolute atomic E-state index is 0.204. The predicted molar refractivity (Wildman–Crippen MR) is 108 cm³/mol. The molecule has 1 amide bonds. The molecule has 30 heavy (non-hydrogen) atoms. The summed E-state index contributed by atoms with van der Waals surface area (Å²) in [6.07, 6.45) is 2.65. The average molecular weight is 412 g/mol. The van der Waals surface area contributed by atoms with Crippen LogP contribution in [0.2, 0.25) is 0 Å². The molecule has 4 heterocycles. The summed E-state index contributed by atoms with van der Waals surface area (Å²) in [6, 6.07) is 8.93. The van der Waals surface area contributed by atoms with Crippen molar-refractivity contribution in [2.45, 2.75) is 68.5 Å². The molecule has 1 aromatic carbocycles. The predicted octanol–water partition coefficient (Wildman–Crippen LogP) is 2.52. The van der Waals surface area contributed by atoms with E-state index in [1.807, 2.05) is 13.8 Å². The minimum atomic E-state index is -0.977. The maximum Gasteiger partial charge on any atom is 0.296 e. The summed E-state index contributed by atoms with van der Waals surface area (Å²) in [5.74, 6) is -0.204. The van der Waals surface area contributed by atoms with Crippen LogP contribution in [-0.4, -0.2) is 59.9 Å². The van der Waals surface area contributed by atoms with Gasteiger partial charge in [0, 0.05) is 25.9 Å². The van der Waals surface area contributed by atoms with E-state index in [9.17, 15) is 4.79 Å². The molecule has 6 rings (SSSR count). The van der Waals surface area contributed by atoms with Crippen molar-refractivity contribution in [3.63, 3.8) is 0 Å². The summed E-state index contributed by atoms with van der Waals surface area (Å²) >= 11 is 0. The highest BCUT2D eigenvalue weighted by molar-refractivity contribution is 6.02. The van der Waals surface area contributed by atoms with E-state index in [-0.39, 0.29) is 11.5 Å². The lowest BCUT2D eigenvalue weighted by molar-refractivity contribution is -0.230. The van der Waals surface area contributed by atoms with Crippen LogP contribution in [0.1, 0.15) is 50.7 Å². The number of ether oxygens (including phenoxy) is 4. The Morgan fingerprint density at radius 3 is 2.30 bits per heavy atom. The molecule has 0 bridgehead atoms. The quantitative estimate of drug-likeness (QED) is 0.652. The molecule has 2 atom stereocenters. The molecule has 0 aromatic heterocycles. The summed E-state index contributed by atoms with van der Waals surface area (Å²) < 4.78 is 24.7. The summed E-state index contributed by atoms with van der Waals surface area (Å²) in [4.78, 5) is 19.5. The largest absolute Gasteiger partial charge is 0.448 e. The third-order valence-corrected chi connectivity index (χ3v) is 8.02. The molecule has 7 nitrogen and oxygen atoms in total. The maximum atomic E-state index is 13.0. The van der Waals surface area contributed by atoms with Crippen LogP contribution >= 0.6 is 0 Å². The Hall–Kier alpha value is -1.96. The second-order valence-electron chi connectivity index (χ2n) is 9.74. The number of amides is 1. The molecule has 160 valence electrons. The number of hydrogen-bond acceptors (Lipinski definition) is 6. The van der Waals surface area contributed by atoms with E-state index in [1.54, 1.807) is 0 Å². The van der Waals surface area contributed by atoms with Crippen molar-refractivity contribution in [1.29, 1.82) is 0 Å². The maximum absolute atomic E-state index is 13.0. The lowest BCUT2D eigenvalue weighted by Crippen LogP contribution is -2.53. The molecule has 1 saturated carbocycles. The monoisotopic (exact) mass is 412 g/mol. The van der Waals surface area contributed by atoms with Gasteiger partial charge in [-0.2, -0.15) is 4.99 Å². The molecule has 7 heteroatoms. The Bertz CT molecular complexity index is 917. The molecule has 5 aliphatic rings. The van der Waals surface area contributed by atoms with Gasteiger partial charge in [-0.05, 0) is 37.8 Å². The SMILES string of the molecule is CC12CC3(CC1(C)OCCO2)OC(N1CCC2(CC1)OCc1ccccc12)=NC3=O. The van der Waals surface area contributed by atoms with E-state index in [0.29, 0.717) is 38.7 Å². The zero-order valence-electron chi connectivity index (χ0n) is 17.6. The summed E-state index contributed by atoms with van der Waals surface area (Å²) in [6.45, 7) is 7.30. The van der Waals surface area contributed by atoms with E-state index in [0.717, 1.165) is 25.9 Å². The van der Waals surface area contributed by atoms with Crippen LogP contribution in [0.25, 0.3) is 0 Å². The van der Waals surface area contributed by atoms with Gasteiger partial charge in [0.2, 0.25) is 0 Å². The first-order valence-electron chi connectivity index (χ1n) is 10.9. The number of piperidine rings is 1. The molecule has 1 aliphatic carbocycles. The van der Waals surface area contributed by atoms with Crippen LogP contribution in [0.5, 0.6) is 0 Å². The molecule has 4 aliphatic heterocycles. The fourth-order valence-electron chi connectivity index (χ4n) is 6.11. The van der Waals surface area contributed by atoms with Gasteiger partial charge >= 0.3 is 0 Å². The lowest BCUT2D eigenvalue weighted by Gasteiger charge is -2.43. The van der Waals surface area contributed by atoms with Gasteiger partial charge in [0.1, 0.15) is 0 Å². The van der Waals surface area contributed by atoms with Crippen LogP contribution < -0.4 is 0 Å². The normalized spacial score (nSPS) is 39.2. The molecule has 2 spiro atoms. The Morgan fingerprint density at radius 1 is 0.933 bits per heavy atom. The van der Waals surface area contributed by atoms with E-state index < -0.39 is 16.8 Å². The van der Waals surface area contributed by atoms with E-state index >= 15 is 0 Å². The third-order valence-electron chi connectivity index (χ3n) is 8.02. The fourth-order valence-corrected chi connectivity index (χ4v) is 6.11. The number of nitrogens with zero attached hydrogens (tertiary/aromatic N) is 2. The first-order chi connectivity index (χ1) is 14.4. The zero-order valence-corrected chi connectivity index (χ0v) is 17.6. The van der Waals surface area contributed by atoms with Gasteiger partial charge in [-0.1, -0.05) is 24.3 Å². The number of rotatable bonds is 0. The molecule has 2 unspecified atom stereocenters. The number of fused-ring (bicyclic) bond motifs is 3. The van der Waals surface area contributed by atoms with Gasteiger partial charge in [0.15, 0.2) is 5.60 Å². The van der Waals surface area contributed by atoms with Gasteiger partial charge in [-0.25, -0.2) is 0 Å². The molecule has 1 aromatic rings. The second kappa shape index (κ2) is 6.05. The summed E-state index contributed by atoms with van der Waals surface area (Å²) in [5, 5.41) is 0. The van der Waals surface area contributed by atoms with Crippen molar-refractivity contribution in [1.82, 2.24) is 4.90 Å². The zero-order chi connectivity index (χ0) is 20.6. The van der Waals surface area contributed by atoms with Gasteiger partial charge in [0.05, 0.1) is 36.6 Å². The van der Waals surface area contributed by atoms with Crippen LogP contribution in [0.15, 0.2) is 29.3 Å². The van der Waals surface area contributed by atoms with Crippen molar-refractivity contribution in [2.75, 3.05) is 26.3 Å². The number of amidine groups is 1. The molecular weight excluding hydrogens is 384 g/mol. The van der Waals surface area contributed by atoms with Gasteiger partial charge in [0.25, 0.3) is 11.9 Å². The first kappa shape index (κ1) is 18.8. The van der Waals surface area contributed by atoms with Crippen LogP contribution in [-0.2, 0) is 35.9 Å². The highest BCUT2D eigenvalue weighted by Gasteiger charge is 2.68. The number of carbonyl (C=O) groups excluding carboxylic acids is 1. The van der Waals surface area contributed by atoms with Crippen molar-refractivity contribution in [2.24, 2.45) is 4.99 Å². The number of likely N-dealkylation sites (tertiary alicyclic amines) is 1. The lowest BCUT2D eigenvalue weighted by atomic mass is 9.84. The Labute approximate surface area is 176 Å². The highest BCUT2D eigenvalue weighted by Crippen LogP contribution is 2.54. The van der Waals surface area contributed by atoms with Crippen LogP contribution in [0.3, 0.4) is 0 Å². The first-order valence-corrected chi connectivity index (χ1v) is 10.9. The van der Waals surface area contributed by atoms with Gasteiger partial charge < -0.3 is 23.8 Å². The number of carbonyl (C=O) groups is 1. The Kier molecular flexibility index (Phi) is 3.79. The van der Waals surface area contributed by atoms with Crippen LogP contribution in [0, 0.1) is 0 Å². The Balaban J connectivity index is 1.19. The molecule has 2 saturated heterocycles. The van der Waals surface area contributed by atoms with Crippen molar-refractivity contribution >= 4 is 11.9 Å². The van der Waals surface area contributed by atoms with Gasteiger partial charge in [-0.3, -0.25) is 4.79 Å². The topological polar surface area (TPSA) is 69.6 Å². The van der Waals surface area contributed by atoms with Gasteiger partial charge in [-0.15, -0.1) is 0 Å².